The average Bonchev–Trinajstić information content (AvgIpc) is 3.10. The quantitative estimate of drug-likeness (QED) is 0.593. The smallest absolute Gasteiger partial charge is 0.239 e. The van der Waals surface area contributed by atoms with Crippen LogP contribution in [0.25, 0.3) is 11.0 Å². The number of ether oxygens (including phenoxy) is 1. The molecule has 2 aliphatic carbocycles. The number of hydrogen-bond acceptors (Lipinski definition) is 4. The van der Waals surface area contributed by atoms with Gasteiger partial charge in [0.15, 0.2) is 0 Å². The summed E-state index contributed by atoms with van der Waals surface area (Å²) in [5.74, 6) is 6.58. The molecule has 4 heteroatoms. The van der Waals surface area contributed by atoms with Gasteiger partial charge >= 0.3 is 0 Å². The van der Waals surface area contributed by atoms with Crippen LogP contribution in [0, 0.1) is 0 Å². The van der Waals surface area contributed by atoms with Crippen molar-refractivity contribution in [2.45, 2.75) is 69.8 Å². The third-order valence-electron chi connectivity index (χ3n) is 6.23. The largest absolute Gasteiger partial charge is 0.487 e. The summed E-state index contributed by atoms with van der Waals surface area (Å²) in [4.78, 5) is 0. The molecule has 1 aliphatic heterocycles. The summed E-state index contributed by atoms with van der Waals surface area (Å²) in [6.07, 6.45) is 11.8. The molecule has 126 valence electrons. The van der Waals surface area contributed by atoms with Crippen molar-refractivity contribution in [2.75, 3.05) is 0 Å². The van der Waals surface area contributed by atoms with Crippen LogP contribution in [0.15, 0.2) is 21.7 Å². The summed E-state index contributed by atoms with van der Waals surface area (Å²) in [7, 11) is 0. The molecule has 0 saturated heterocycles. The van der Waals surface area contributed by atoms with E-state index in [0.717, 1.165) is 43.4 Å². The minimum Gasteiger partial charge on any atom is -0.487 e. The molecule has 0 amide bonds. The average molecular weight is 324 g/mol. The summed E-state index contributed by atoms with van der Waals surface area (Å²) in [5.41, 5.74) is 5.44. The first-order valence-corrected chi connectivity index (χ1v) is 9.32. The maximum atomic E-state index is 6.54. The first kappa shape index (κ1) is 14.4. The fraction of sp³-hybridized carbons (Fsp3) is 0.550. The van der Waals surface area contributed by atoms with E-state index in [1.165, 1.54) is 54.2 Å². The van der Waals surface area contributed by atoms with Crippen molar-refractivity contribution < 1.29 is 9.15 Å². The normalized spacial score (nSPS) is 22.4. The molecule has 0 unspecified atom stereocenters. The van der Waals surface area contributed by atoms with Crippen molar-refractivity contribution in [2.24, 2.45) is 10.9 Å². The minimum absolute atomic E-state index is 0.0662. The van der Waals surface area contributed by atoms with Gasteiger partial charge in [0, 0.05) is 17.0 Å². The molecule has 2 heterocycles. The van der Waals surface area contributed by atoms with Crippen molar-refractivity contribution in [3.63, 3.8) is 0 Å². The van der Waals surface area contributed by atoms with Crippen LogP contribution in [0.1, 0.15) is 61.6 Å². The molecule has 5 rings (SSSR count). The molecule has 1 fully saturated rings. The topological polar surface area (TPSA) is 60.8 Å². The Morgan fingerprint density at radius 3 is 2.58 bits per heavy atom. The van der Waals surface area contributed by atoms with Gasteiger partial charge in [-0.15, -0.1) is 5.10 Å². The predicted molar refractivity (Wildman–Crippen MR) is 92.8 cm³/mol. The maximum Gasteiger partial charge on any atom is 0.239 e. The monoisotopic (exact) mass is 324 g/mol. The van der Waals surface area contributed by atoms with Crippen molar-refractivity contribution in [3.8, 4) is 5.75 Å². The number of fused-ring (bicyclic) bond motifs is 4. The molecule has 3 aliphatic rings. The predicted octanol–water partition coefficient (Wildman–Crippen LogP) is 3.72. The highest BCUT2D eigenvalue weighted by molar-refractivity contribution is 5.84. The zero-order valence-corrected chi connectivity index (χ0v) is 14.1. The van der Waals surface area contributed by atoms with Crippen LogP contribution in [0.2, 0.25) is 0 Å². The maximum absolute atomic E-state index is 6.54. The van der Waals surface area contributed by atoms with Gasteiger partial charge in [-0.1, -0.05) is 6.42 Å². The molecule has 4 nitrogen and oxygen atoms in total. The van der Waals surface area contributed by atoms with Crippen LogP contribution in [-0.4, -0.2) is 5.60 Å². The molecule has 1 aromatic carbocycles. The zero-order valence-electron chi connectivity index (χ0n) is 14.1. The second kappa shape index (κ2) is 5.27. The lowest BCUT2D eigenvalue weighted by atomic mass is 9.79. The van der Waals surface area contributed by atoms with Gasteiger partial charge in [0.2, 0.25) is 5.55 Å². The second-order valence-corrected chi connectivity index (χ2v) is 7.65. The molecule has 0 atom stereocenters. The number of hydrogen-bond donors (Lipinski definition) is 1. The van der Waals surface area contributed by atoms with E-state index < -0.39 is 0 Å². The van der Waals surface area contributed by atoms with E-state index in [1.54, 1.807) is 0 Å². The van der Waals surface area contributed by atoms with Gasteiger partial charge < -0.3 is 15.0 Å². The fourth-order valence-electron chi connectivity index (χ4n) is 4.96. The van der Waals surface area contributed by atoms with Gasteiger partial charge in [0.05, 0.1) is 0 Å². The number of nitrogens with zero attached hydrogens (tertiary/aromatic N) is 1. The van der Waals surface area contributed by atoms with E-state index in [1.807, 2.05) is 0 Å². The Labute approximate surface area is 141 Å². The molecular formula is C20H24N2O2. The van der Waals surface area contributed by atoms with Crippen LogP contribution >= 0.6 is 0 Å². The lowest BCUT2D eigenvalue weighted by molar-refractivity contribution is 0.0109. The van der Waals surface area contributed by atoms with Crippen LogP contribution in [-0.2, 0) is 19.3 Å². The van der Waals surface area contributed by atoms with Crippen LogP contribution in [0.4, 0.5) is 0 Å². The van der Waals surface area contributed by atoms with Crippen LogP contribution in [0.5, 0.6) is 5.75 Å². The molecule has 1 spiro atoms. The van der Waals surface area contributed by atoms with E-state index >= 15 is 0 Å². The van der Waals surface area contributed by atoms with E-state index in [9.17, 15) is 0 Å². The Kier molecular flexibility index (Phi) is 3.15. The fourth-order valence-corrected chi connectivity index (χ4v) is 4.96. The summed E-state index contributed by atoms with van der Waals surface area (Å²) in [5, 5.41) is 5.11. The summed E-state index contributed by atoms with van der Waals surface area (Å²) >= 11 is 0. The lowest BCUT2D eigenvalue weighted by Crippen LogP contribution is -2.41. The highest BCUT2D eigenvalue weighted by Gasteiger charge is 2.37. The van der Waals surface area contributed by atoms with Crippen molar-refractivity contribution >= 4 is 11.0 Å². The van der Waals surface area contributed by atoms with Crippen LogP contribution < -0.4 is 16.1 Å². The van der Waals surface area contributed by atoms with Gasteiger partial charge in [0.25, 0.3) is 0 Å². The van der Waals surface area contributed by atoms with Crippen molar-refractivity contribution in [1.29, 1.82) is 0 Å². The molecule has 0 radical (unpaired) electrons. The van der Waals surface area contributed by atoms with E-state index in [2.05, 4.69) is 17.2 Å². The van der Waals surface area contributed by atoms with Gasteiger partial charge in [-0.2, -0.15) is 0 Å². The van der Waals surface area contributed by atoms with Gasteiger partial charge in [-0.3, -0.25) is 0 Å². The number of nitrogens with two attached hydrogens (primary N) is 1. The SMILES string of the molecule is N/N=c1\oc2cc3c(cc2c2c1CCC2)CCC1(CCCCC1)O3. The molecule has 2 N–H and O–H groups in total. The summed E-state index contributed by atoms with van der Waals surface area (Å²) in [6, 6.07) is 4.39. The molecule has 1 saturated carbocycles. The first-order valence-electron chi connectivity index (χ1n) is 9.32. The van der Waals surface area contributed by atoms with Gasteiger partial charge in [-0.05, 0) is 75.0 Å². The van der Waals surface area contributed by atoms with Crippen molar-refractivity contribution in [3.05, 3.63) is 34.4 Å². The third-order valence-corrected chi connectivity index (χ3v) is 6.23. The second-order valence-electron chi connectivity index (χ2n) is 7.65. The molecule has 0 bridgehead atoms. The highest BCUT2D eigenvalue weighted by atomic mass is 16.5. The standard InChI is InChI=1S/C20H24N2O2/c21-22-19-15-6-4-5-14(15)16-11-13-7-10-20(8-2-1-3-9-20)24-17(13)12-18(16)23-19/h11-12H,1-10,21H2/b22-19-. The van der Waals surface area contributed by atoms with Gasteiger partial charge in [0.1, 0.15) is 16.9 Å². The Hall–Kier alpha value is -1.97. The number of benzene rings is 1. The Morgan fingerprint density at radius 1 is 0.917 bits per heavy atom. The molecular weight excluding hydrogens is 300 g/mol. The number of rotatable bonds is 0. The summed E-state index contributed by atoms with van der Waals surface area (Å²) < 4.78 is 12.6. The first-order chi connectivity index (χ1) is 11.8. The highest BCUT2D eigenvalue weighted by Crippen LogP contribution is 2.43. The molecule has 1 aromatic heterocycles. The third kappa shape index (κ3) is 2.08. The van der Waals surface area contributed by atoms with Crippen molar-refractivity contribution in [1.82, 2.24) is 0 Å². The summed E-state index contributed by atoms with van der Waals surface area (Å²) in [6.45, 7) is 0. The van der Waals surface area contributed by atoms with E-state index in [4.69, 9.17) is 15.0 Å². The Bertz CT molecular complexity index is 875. The zero-order chi connectivity index (χ0) is 16.1. The lowest BCUT2D eigenvalue weighted by Gasteiger charge is -2.41. The molecule has 2 aromatic rings. The number of aryl methyl sites for hydroxylation is 2. The minimum atomic E-state index is 0.0662. The molecule has 24 heavy (non-hydrogen) atoms. The van der Waals surface area contributed by atoms with Crippen LogP contribution in [0.3, 0.4) is 0 Å². The van der Waals surface area contributed by atoms with E-state index in [-0.39, 0.29) is 5.60 Å². The Morgan fingerprint density at radius 2 is 1.75 bits per heavy atom. The van der Waals surface area contributed by atoms with E-state index in [0.29, 0.717) is 5.55 Å². The van der Waals surface area contributed by atoms with Gasteiger partial charge in [-0.25, -0.2) is 0 Å². The Balaban J connectivity index is 1.65.